The van der Waals surface area contributed by atoms with Gasteiger partial charge in [0, 0.05) is 4.75 Å². The van der Waals surface area contributed by atoms with Crippen LogP contribution in [0, 0.1) is 0 Å². The lowest BCUT2D eigenvalue weighted by Crippen LogP contribution is -2.71. The van der Waals surface area contributed by atoms with Crippen LogP contribution >= 0.6 is 23.1 Å². The third-order valence-electron chi connectivity index (χ3n) is 4.36. The smallest absolute Gasteiger partial charge is 0.327 e. The summed E-state index contributed by atoms with van der Waals surface area (Å²) in [6, 6.07) is -0.344. The Hall–Kier alpha value is -2.07. The predicted octanol–water partition coefficient (Wildman–Crippen LogP) is 0.548. The van der Waals surface area contributed by atoms with Gasteiger partial charge < -0.3 is 20.4 Å². The lowest BCUT2D eigenvalue weighted by Gasteiger charge is -2.43. The SMILES string of the molecule is CC1(C)SC2[C@H](NC(=O)[C@H](C(=O)O)c3ccsc3)C(=O)N2[C@H]1C(=O)O. The Balaban J connectivity index is 1.77. The summed E-state index contributed by atoms with van der Waals surface area (Å²) in [7, 11) is 0. The summed E-state index contributed by atoms with van der Waals surface area (Å²) in [5.41, 5.74) is 0.349. The molecule has 0 radical (unpaired) electrons. The van der Waals surface area contributed by atoms with Gasteiger partial charge in [-0.3, -0.25) is 14.4 Å². The van der Waals surface area contributed by atoms with Gasteiger partial charge >= 0.3 is 11.9 Å². The van der Waals surface area contributed by atoms with Gasteiger partial charge in [0.15, 0.2) is 5.92 Å². The van der Waals surface area contributed by atoms with E-state index in [1.165, 1.54) is 28.0 Å². The summed E-state index contributed by atoms with van der Waals surface area (Å²) >= 11 is 2.56. The summed E-state index contributed by atoms with van der Waals surface area (Å²) < 4.78 is -0.703. The van der Waals surface area contributed by atoms with Crippen LogP contribution in [0.1, 0.15) is 25.3 Å². The molecule has 0 aliphatic carbocycles. The van der Waals surface area contributed by atoms with Gasteiger partial charge in [-0.2, -0.15) is 11.3 Å². The Kier molecular flexibility index (Phi) is 4.28. The predicted molar refractivity (Wildman–Crippen MR) is 90.4 cm³/mol. The van der Waals surface area contributed by atoms with Crippen LogP contribution in [0.5, 0.6) is 0 Å². The van der Waals surface area contributed by atoms with Crippen molar-refractivity contribution in [3.63, 3.8) is 0 Å². The number of hydrogen-bond acceptors (Lipinski definition) is 6. The molecule has 0 bridgehead atoms. The minimum atomic E-state index is -1.40. The summed E-state index contributed by atoms with van der Waals surface area (Å²) in [4.78, 5) is 48.9. The molecule has 4 atom stereocenters. The summed E-state index contributed by atoms with van der Waals surface area (Å²) in [6.45, 7) is 3.46. The number of carbonyl (C=O) groups is 4. The molecule has 1 aromatic rings. The molecule has 8 nitrogen and oxygen atoms in total. The van der Waals surface area contributed by atoms with Gasteiger partial charge in [0.05, 0.1) is 0 Å². The Morgan fingerprint density at radius 1 is 1.32 bits per heavy atom. The van der Waals surface area contributed by atoms with Gasteiger partial charge in [-0.05, 0) is 36.2 Å². The zero-order chi connectivity index (χ0) is 18.5. The highest BCUT2D eigenvalue weighted by Crippen LogP contribution is 2.50. The number of fused-ring (bicyclic) bond motifs is 1. The van der Waals surface area contributed by atoms with Crippen molar-refractivity contribution < 1.29 is 29.4 Å². The summed E-state index contributed by atoms with van der Waals surface area (Å²) in [6.07, 6.45) is 0. The normalized spacial score (nSPS) is 28.0. The van der Waals surface area contributed by atoms with Crippen LogP contribution in [0.25, 0.3) is 0 Å². The number of hydrogen-bond donors (Lipinski definition) is 3. The van der Waals surface area contributed by atoms with Crippen molar-refractivity contribution in [3.05, 3.63) is 22.4 Å². The second-order valence-corrected chi connectivity index (χ2v) is 8.96. The molecule has 2 saturated heterocycles. The molecule has 0 spiro atoms. The molecule has 2 amide bonds. The molecule has 3 rings (SSSR count). The Morgan fingerprint density at radius 3 is 2.52 bits per heavy atom. The average molecular weight is 384 g/mol. The zero-order valence-corrected chi connectivity index (χ0v) is 15.0. The molecule has 1 unspecified atom stereocenters. The Morgan fingerprint density at radius 2 is 2.00 bits per heavy atom. The second-order valence-electron chi connectivity index (χ2n) is 6.41. The van der Waals surface area contributed by atoms with E-state index in [-0.39, 0.29) is 0 Å². The van der Waals surface area contributed by atoms with Crippen molar-refractivity contribution in [2.75, 3.05) is 0 Å². The molecule has 2 aliphatic heterocycles. The molecule has 2 fully saturated rings. The van der Waals surface area contributed by atoms with Crippen molar-refractivity contribution in [1.82, 2.24) is 10.2 Å². The minimum Gasteiger partial charge on any atom is -0.480 e. The van der Waals surface area contributed by atoms with E-state index in [1.54, 1.807) is 30.7 Å². The van der Waals surface area contributed by atoms with Crippen molar-refractivity contribution >= 4 is 46.9 Å². The first kappa shape index (κ1) is 17.7. The van der Waals surface area contributed by atoms with E-state index in [0.717, 1.165) is 0 Å². The van der Waals surface area contributed by atoms with Gasteiger partial charge in [0.1, 0.15) is 17.5 Å². The number of nitrogens with zero attached hydrogens (tertiary/aromatic N) is 1. The lowest BCUT2D eigenvalue weighted by molar-refractivity contribution is -0.161. The van der Waals surface area contributed by atoms with Gasteiger partial charge in [0.2, 0.25) is 11.8 Å². The number of aliphatic carboxylic acids is 2. The van der Waals surface area contributed by atoms with Crippen LogP contribution in [0.4, 0.5) is 0 Å². The summed E-state index contributed by atoms with van der Waals surface area (Å²) in [5, 5.41) is 23.9. The fourth-order valence-corrected chi connectivity index (χ4v) is 5.54. The quantitative estimate of drug-likeness (QED) is 0.500. The van der Waals surface area contributed by atoms with E-state index in [0.29, 0.717) is 5.56 Å². The van der Waals surface area contributed by atoms with Crippen LogP contribution in [0.3, 0.4) is 0 Å². The zero-order valence-electron chi connectivity index (χ0n) is 13.3. The van der Waals surface area contributed by atoms with Crippen LogP contribution in [0.15, 0.2) is 16.8 Å². The Labute approximate surface area is 151 Å². The molecule has 25 heavy (non-hydrogen) atoms. The number of amides is 2. The number of nitrogens with one attached hydrogen (secondary N) is 1. The third-order valence-corrected chi connectivity index (χ3v) is 6.63. The highest BCUT2D eigenvalue weighted by atomic mass is 32.2. The molecule has 3 N–H and O–H groups in total. The van der Waals surface area contributed by atoms with E-state index in [9.17, 15) is 29.4 Å². The van der Waals surface area contributed by atoms with E-state index in [2.05, 4.69) is 5.32 Å². The number of thiophene rings is 1. The molecule has 134 valence electrons. The molecule has 0 saturated carbocycles. The molecule has 0 aromatic carbocycles. The second kappa shape index (κ2) is 6.03. The number of rotatable bonds is 5. The number of carboxylic acid groups (broad SMARTS) is 2. The standard InChI is InChI=1S/C15H16N2O6S2/c1-15(2)9(14(22)23)17-11(19)8(12(17)25-15)16-10(18)7(13(20)21)6-3-4-24-5-6/h3-5,7-9,12H,1-2H3,(H,16,18)(H,20,21)(H,22,23)/t7-,8-,9+,12?/m1/s1. The van der Waals surface area contributed by atoms with E-state index in [4.69, 9.17) is 0 Å². The molecular weight excluding hydrogens is 368 g/mol. The fraction of sp³-hybridized carbons (Fsp3) is 0.467. The number of carboxylic acids is 2. The average Bonchev–Trinajstić information content (AvgIpc) is 3.09. The monoisotopic (exact) mass is 384 g/mol. The van der Waals surface area contributed by atoms with Gasteiger partial charge in [-0.25, -0.2) is 4.79 Å². The van der Waals surface area contributed by atoms with Crippen molar-refractivity contribution in [2.45, 2.75) is 42.0 Å². The van der Waals surface area contributed by atoms with Crippen molar-refractivity contribution in [1.29, 1.82) is 0 Å². The largest absolute Gasteiger partial charge is 0.480 e. The van der Waals surface area contributed by atoms with Gasteiger partial charge in [-0.15, -0.1) is 11.8 Å². The van der Waals surface area contributed by atoms with Crippen LogP contribution in [0.2, 0.25) is 0 Å². The summed E-state index contributed by atoms with van der Waals surface area (Å²) in [5.74, 6) is -5.08. The Bertz CT molecular complexity index is 747. The maximum absolute atomic E-state index is 12.4. The van der Waals surface area contributed by atoms with Gasteiger partial charge in [0.25, 0.3) is 0 Å². The number of β-lactam (4-membered cyclic amide) rings is 1. The fourth-order valence-electron chi connectivity index (χ4n) is 3.23. The number of carbonyl (C=O) groups excluding carboxylic acids is 2. The minimum absolute atomic E-state index is 0.349. The topological polar surface area (TPSA) is 124 Å². The highest BCUT2D eigenvalue weighted by Gasteiger charge is 2.64. The third kappa shape index (κ3) is 2.78. The molecule has 1 aromatic heterocycles. The molecule has 2 aliphatic rings. The van der Waals surface area contributed by atoms with Crippen LogP contribution in [-0.2, 0) is 19.2 Å². The number of thioether (sulfide) groups is 1. The lowest BCUT2D eigenvalue weighted by atomic mass is 9.95. The first-order valence-corrected chi connectivity index (χ1v) is 9.25. The molecule has 10 heteroatoms. The van der Waals surface area contributed by atoms with Crippen LogP contribution < -0.4 is 5.32 Å². The van der Waals surface area contributed by atoms with E-state index in [1.807, 2.05) is 0 Å². The van der Waals surface area contributed by atoms with Crippen molar-refractivity contribution in [3.8, 4) is 0 Å². The molecular formula is C15H16N2O6S2. The van der Waals surface area contributed by atoms with Crippen LogP contribution in [-0.4, -0.2) is 61.1 Å². The molecule has 3 heterocycles. The first-order valence-electron chi connectivity index (χ1n) is 7.43. The van der Waals surface area contributed by atoms with E-state index >= 15 is 0 Å². The van der Waals surface area contributed by atoms with Crippen molar-refractivity contribution in [2.24, 2.45) is 0 Å². The highest BCUT2D eigenvalue weighted by molar-refractivity contribution is 8.01. The maximum atomic E-state index is 12.4. The maximum Gasteiger partial charge on any atom is 0.327 e. The van der Waals surface area contributed by atoms with Gasteiger partial charge in [-0.1, -0.05) is 0 Å². The van der Waals surface area contributed by atoms with E-state index < -0.39 is 51.9 Å². The first-order chi connectivity index (χ1) is 11.6.